The van der Waals surface area contributed by atoms with Crippen LogP contribution in [0.1, 0.15) is 16.7 Å². The Hall–Kier alpha value is -2.50. The van der Waals surface area contributed by atoms with Gasteiger partial charge in [-0.3, -0.25) is 4.79 Å². The lowest BCUT2D eigenvalue weighted by atomic mass is 10.1. The number of rotatable bonds is 5. The van der Waals surface area contributed by atoms with Crippen molar-refractivity contribution in [2.45, 2.75) is 19.1 Å². The molecule has 3 nitrogen and oxygen atoms in total. The van der Waals surface area contributed by atoms with E-state index < -0.39 is 11.7 Å². The molecule has 0 heterocycles. The van der Waals surface area contributed by atoms with E-state index in [4.69, 9.17) is 4.74 Å². The van der Waals surface area contributed by atoms with Crippen LogP contribution in [0.4, 0.5) is 13.2 Å². The van der Waals surface area contributed by atoms with Crippen molar-refractivity contribution in [3.05, 3.63) is 65.2 Å². The molecular weight excluding hydrogens is 319 g/mol. The molecule has 2 rings (SSSR count). The highest BCUT2D eigenvalue weighted by Crippen LogP contribution is 2.32. The van der Waals surface area contributed by atoms with Gasteiger partial charge in [-0.2, -0.15) is 13.2 Å². The summed E-state index contributed by atoms with van der Waals surface area (Å²) >= 11 is 0. The van der Waals surface area contributed by atoms with Gasteiger partial charge in [0, 0.05) is 19.2 Å². The van der Waals surface area contributed by atoms with E-state index >= 15 is 0 Å². The molecule has 0 saturated heterocycles. The molecule has 0 unspecified atom stereocenters. The highest BCUT2D eigenvalue weighted by molar-refractivity contribution is 5.79. The topological polar surface area (TPSA) is 29.5 Å². The summed E-state index contributed by atoms with van der Waals surface area (Å²) in [6, 6.07) is 12.3. The van der Waals surface area contributed by atoms with Crippen molar-refractivity contribution in [2.24, 2.45) is 0 Å². The normalized spacial score (nSPS) is 11.2. The number of para-hydroxylation sites is 1. The first-order chi connectivity index (χ1) is 11.3. The van der Waals surface area contributed by atoms with E-state index in [0.29, 0.717) is 11.3 Å². The van der Waals surface area contributed by atoms with E-state index in [1.165, 1.54) is 37.3 Å². The number of ether oxygens (including phenoxy) is 1. The molecule has 128 valence electrons. The van der Waals surface area contributed by atoms with E-state index in [0.717, 1.165) is 6.07 Å². The van der Waals surface area contributed by atoms with E-state index in [-0.39, 0.29) is 24.4 Å². The zero-order valence-corrected chi connectivity index (χ0v) is 13.4. The number of methoxy groups -OCH3 is 1. The van der Waals surface area contributed by atoms with Gasteiger partial charge in [0.25, 0.3) is 0 Å². The Labute approximate surface area is 138 Å². The smallest absolute Gasteiger partial charge is 0.416 e. The Kier molecular flexibility index (Phi) is 5.49. The van der Waals surface area contributed by atoms with Gasteiger partial charge in [0.15, 0.2) is 0 Å². The maximum atomic E-state index is 13.0. The fourth-order valence-corrected chi connectivity index (χ4v) is 2.43. The molecule has 0 atom stereocenters. The maximum absolute atomic E-state index is 13.0. The highest BCUT2D eigenvalue weighted by atomic mass is 19.4. The van der Waals surface area contributed by atoms with Crippen LogP contribution in [0.5, 0.6) is 5.75 Å². The number of amides is 1. The summed E-state index contributed by atoms with van der Waals surface area (Å²) in [7, 11) is 3.00. The number of hydrogen-bond donors (Lipinski definition) is 0. The van der Waals surface area contributed by atoms with Crippen LogP contribution in [-0.2, 0) is 23.9 Å². The minimum atomic E-state index is -4.44. The third kappa shape index (κ3) is 4.28. The monoisotopic (exact) mass is 337 g/mol. The minimum absolute atomic E-state index is 0.0642. The zero-order chi connectivity index (χ0) is 17.7. The van der Waals surface area contributed by atoms with Crippen LogP contribution in [0.2, 0.25) is 0 Å². The van der Waals surface area contributed by atoms with Gasteiger partial charge in [-0.05, 0) is 17.7 Å². The standard InChI is InChI=1S/C18H18F3NO2/c1-22(12-14-8-3-5-9-15(14)18(19,20)21)17(23)11-13-7-4-6-10-16(13)24-2/h3-10H,11-12H2,1-2H3. The Bertz CT molecular complexity index is 713. The number of carbonyl (C=O) groups is 1. The molecule has 0 bridgehead atoms. The van der Waals surface area contributed by atoms with Crippen molar-refractivity contribution in [3.63, 3.8) is 0 Å². The minimum Gasteiger partial charge on any atom is -0.496 e. The molecule has 0 aliphatic carbocycles. The Morgan fingerprint density at radius 1 is 1.04 bits per heavy atom. The quantitative estimate of drug-likeness (QED) is 0.828. The van der Waals surface area contributed by atoms with Gasteiger partial charge < -0.3 is 9.64 Å². The number of alkyl halides is 3. The Morgan fingerprint density at radius 3 is 2.25 bits per heavy atom. The SMILES string of the molecule is COc1ccccc1CC(=O)N(C)Cc1ccccc1C(F)(F)F. The summed E-state index contributed by atoms with van der Waals surface area (Å²) < 4.78 is 44.3. The predicted octanol–water partition coefficient (Wildman–Crippen LogP) is 3.92. The van der Waals surface area contributed by atoms with E-state index in [1.807, 2.05) is 0 Å². The fourth-order valence-electron chi connectivity index (χ4n) is 2.43. The van der Waals surface area contributed by atoms with Crippen molar-refractivity contribution < 1.29 is 22.7 Å². The first kappa shape index (κ1) is 17.8. The van der Waals surface area contributed by atoms with E-state index in [1.54, 1.807) is 24.3 Å². The van der Waals surface area contributed by atoms with Gasteiger partial charge in [0.05, 0.1) is 19.1 Å². The molecule has 2 aromatic rings. The molecule has 1 amide bonds. The summed E-state index contributed by atoms with van der Waals surface area (Å²) in [5.74, 6) is 0.298. The first-order valence-electron chi connectivity index (χ1n) is 7.34. The predicted molar refractivity (Wildman–Crippen MR) is 84.6 cm³/mol. The molecular formula is C18H18F3NO2. The van der Waals surface area contributed by atoms with Gasteiger partial charge in [0.1, 0.15) is 5.75 Å². The Balaban J connectivity index is 2.13. The summed E-state index contributed by atoms with van der Waals surface area (Å²) in [6.07, 6.45) is -4.38. The van der Waals surface area contributed by atoms with Crippen LogP contribution in [-0.4, -0.2) is 25.0 Å². The van der Waals surface area contributed by atoms with Crippen LogP contribution >= 0.6 is 0 Å². The second-order valence-corrected chi connectivity index (χ2v) is 5.39. The molecule has 0 N–H and O–H groups in total. The molecule has 0 aromatic heterocycles. The average Bonchev–Trinajstić information content (AvgIpc) is 2.54. The van der Waals surface area contributed by atoms with Gasteiger partial charge in [-0.1, -0.05) is 36.4 Å². The van der Waals surface area contributed by atoms with E-state index in [9.17, 15) is 18.0 Å². The molecule has 0 spiro atoms. The van der Waals surface area contributed by atoms with Crippen molar-refractivity contribution >= 4 is 5.91 Å². The molecule has 0 aliphatic heterocycles. The molecule has 0 fully saturated rings. The van der Waals surface area contributed by atoms with E-state index in [2.05, 4.69) is 0 Å². The van der Waals surface area contributed by atoms with Crippen molar-refractivity contribution in [1.82, 2.24) is 4.90 Å². The summed E-state index contributed by atoms with van der Waals surface area (Å²) in [4.78, 5) is 13.6. The molecule has 24 heavy (non-hydrogen) atoms. The highest BCUT2D eigenvalue weighted by Gasteiger charge is 2.33. The Morgan fingerprint density at radius 2 is 1.62 bits per heavy atom. The fraction of sp³-hybridized carbons (Fsp3) is 0.278. The second kappa shape index (κ2) is 7.38. The van der Waals surface area contributed by atoms with Crippen LogP contribution in [0.25, 0.3) is 0 Å². The van der Waals surface area contributed by atoms with Crippen LogP contribution in [0.15, 0.2) is 48.5 Å². The number of hydrogen-bond acceptors (Lipinski definition) is 2. The molecule has 0 aliphatic rings. The number of likely N-dealkylation sites (N-methyl/N-ethyl adjacent to an activating group) is 1. The lowest BCUT2D eigenvalue weighted by Crippen LogP contribution is -2.29. The first-order valence-corrected chi connectivity index (χ1v) is 7.34. The van der Waals surface area contributed by atoms with Crippen molar-refractivity contribution in [2.75, 3.05) is 14.2 Å². The third-order valence-corrected chi connectivity index (χ3v) is 3.69. The van der Waals surface area contributed by atoms with Gasteiger partial charge in [0.2, 0.25) is 5.91 Å². The number of halogens is 3. The lowest BCUT2D eigenvalue weighted by molar-refractivity contribution is -0.139. The van der Waals surface area contributed by atoms with Gasteiger partial charge in [-0.25, -0.2) is 0 Å². The van der Waals surface area contributed by atoms with Gasteiger partial charge >= 0.3 is 6.18 Å². The maximum Gasteiger partial charge on any atom is 0.416 e. The van der Waals surface area contributed by atoms with Crippen LogP contribution in [0, 0.1) is 0 Å². The molecule has 0 saturated carbocycles. The van der Waals surface area contributed by atoms with Gasteiger partial charge in [-0.15, -0.1) is 0 Å². The lowest BCUT2D eigenvalue weighted by Gasteiger charge is -2.20. The second-order valence-electron chi connectivity index (χ2n) is 5.39. The summed E-state index contributed by atoms with van der Waals surface area (Å²) in [5, 5.41) is 0. The summed E-state index contributed by atoms with van der Waals surface area (Å²) in [5.41, 5.74) is 0.0452. The molecule has 6 heteroatoms. The molecule has 0 radical (unpaired) electrons. The largest absolute Gasteiger partial charge is 0.496 e. The molecule has 2 aromatic carbocycles. The van der Waals surface area contributed by atoms with Crippen LogP contribution in [0.3, 0.4) is 0 Å². The number of nitrogens with zero attached hydrogens (tertiary/aromatic N) is 1. The van der Waals surface area contributed by atoms with Crippen molar-refractivity contribution in [1.29, 1.82) is 0 Å². The number of benzene rings is 2. The third-order valence-electron chi connectivity index (χ3n) is 3.69. The summed E-state index contributed by atoms with van der Waals surface area (Å²) in [6.45, 7) is -0.107. The zero-order valence-electron chi connectivity index (χ0n) is 13.4. The van der Waals surface area contributed by atoms with Crippen molar-refractivity contribution in [3.8, 4) is 5.75 Å². The average molecular weight is 337 g/mol. The number of carbonyl (C=O) groups excluding carboxylic acids is 1. The van der Waals surface area contributed by atoms with Crippen LogP contribution < -0.4 is 4.74 Å².